The Hall–Kier alpha value is -1.67. The summed E-state index contributed by atoms with van der Waals surface area (Å²) in [4.78, 5) is 24.0. The molecule has 0 saturated heterocycles. The number of rotatable bonds is 10. The van der Waals surface area contributed by atoms with Crippen molar-refractivity contribution in [2.45, 2.75) is 45.2 Å². The molecule has 0 rings (SSSR count). The molecule has 8 heteroatoms. The zero-order valence-corrected chi connectivity index (χ0v) is 12.8. The van der Waals surface area contributed by atoms with Crippen LogP contribution < -0.4 is 27.8 Å². The summed E-state index contributed by atoms with van der Waals surface area (Å²) >= 11 is 0. The van der Waals surface area contributed by atoms with Crippen molar-refractivity contribution in [1.29, 1.82) is 5.41 Å². The second kappa shape index (κ2) is 10.1. The number of hydrogen-bond donors (Lipinski definition) is 6. The summed E-state index contributed by atoms with van der Waals surface area (Å²) in [5.74, 6) is -0.692. The molecular weight excluding hydrogens is 272 g/mol. The standard InChI is InChI=1S/C13H28N6O2/c1-8(2)11(20)10(4-3-7-18-13(16)17)19-12(21)9(15)5-6-14/h8-10H,3-7,14-15H2,1-2H3,(H,19,21)(H4,16,17,18). The number of Topliss-reactive ketones (excluding diaryl/α,β-unsaturated/α-hetero) is 1. The number of carbonyl (C=O) groups excluding carboxylic acids is 2. The molecule has 1 amide bonds. The number of hydrogen-bond acceptors (Lipinski definition) is 5. The molecule has 0 aromatic heterocycles. The first kappa shape index (κ1) is 19.3. The van der Waals surface area contributed by atoms with Gasteiger partial charge in [0.1, 0.15) is 0 Å². The maximum absolute atomic E-state index is 12.1. The van der Waals surface area contributed by atoms with Gasteiger partial charge in [0.15, 0.2) is 11.7 Å². The number of amides is 1. The quantitative estimate of drug-likeness (QED) is 0.166. The van der Waals surface area contributed by atoms with Gasteiger partial charge in [-0.15, -0.1) is 0 Å². The van der Waals surface area contributed by atoms with Gasteiger partial charge < -0.3 is 27.8 Å². The van der Waals surface area contributed by atoms with Crippen molar-refractivity contribution in [2.75, 3.05) is 13.1 Å². The molecule has 9 N–H and O–H groups in total. The third-order valence-corrected chi connectivity index (χ3v) is 3.03. The monoisotopic (exact) mass is 300 g/mol. The van der Waals surface area contributed by atoms with Gasteiger partial charge in [0.2, 0.25) is 5.91 Å². The number of carbonyl (C=O) groups is 2. The molecule has 0 radical (unpaired) electrons. The number of guanidine groups is 1. The van der Waals surface area contributed by atoms with E-state index in [4.69, 9.17) is 22.6 Å². The fourth-order valence-electron chi connectivity index (χ4n) is 1.81. The van der Waals surface area contributed by atoms with E-state index in [1.54, 1.807) is 13.8 Å². The first-order valence-corrected chi connectivity index (χ1v) is 7.17. The van der Waals surface area contributed by atoms with Crippen LogP contribution in [0.5, 0.6) is 0 Å². The topological polar surface area (TPSA) is 160 Å². The van der Waals surface area contributed by atoms with Gasteiger partial charge in [0.05, 0.1) is 12.1 Å². The molecule has 2 unspecified atom stereocenters. The molecule has 122 valence electrons. The van der Waals surface area contributed by atoms with Crippen molar-refractivity contribution < 1.29 is 9.59 Å². The zero-order chi connectivity index (χ0) is 16.4. The molecule has 0 saturated carbocycles. The van der Waals surface area contributed by atoms with Gasteiger partial charge in [-0.05, 0) is 25.8 Å². The molecular formula is C13H28N6O2. The molecule has 0 aromatic rings. The first-order valence-electron chi connectivity index (χ1n) is 7.17. The van der Waals surface area contributed by atoms with Crippen LogP contribution >= 0.6 is 0 Å². The van der Waals surface area contributed by atoms with E-state index in [-0.39, 0.29) is 23.6 Å². The molecule has 8 nitrogen and oxygen atoms in total. The minimum atomic E-state index is -0.701. The highest BCUT2D eigenvalue weighted by atomic mass is 16.2. The lowest BCUT2D eigenvalue weighted by atomic mass is 9.97. The lowest BCUT2D eigenvalue weighted by molar-refractivity contribution is -0.130. The summed E-state index contributed by atoms with van der Waals surface area (Å²) in [7, 11) is 0. The molecule has 0 heterocycles. The Bertz CT molecular complexity index is 359. The lowest BCUT2D eigenvalue weighted by Crippen LogP contribution is -2.50. The van der Waals surface area contributed by atoms with Crippen LogP contribution in [0.1, 0.15) is 33.1 Å². The van der Waals surface area contributed by atoms with Gasteiger partial charge in [-0.25, -0.2) is 0 Å². The predicted molar refractivity (Wildman–Crippen MR) is 82.6 cm³/mol. The van der Waals surface area contributed by atoms with Gasteiger partial charge >= 0.3 is 0 Å². The van der Waals surface area contributed by atoms with Crippen molar-refractivity contribution in [3.8, 4) is 0 Å². The van der Waals surface area contributed by atoms with Crippen molar-refractivity contribution in [2.24, 2.45) is 23.1 Å². The maximum Gasteiger partial charge on any atom is 0.237 e. The molecule has 21 heavy (non-hydrogen) atoms. The highest BCUT2D eigenvalue weighted by Crippen LogP contribution is 2.06. The van der Waals surface area contributed by atoms with Crippen LogP contribution in [-0.4, -0.2) is 42.8 Å². The van der Waals surface area contributed by atoms with E-state index in [9.17, 15) is 9.59 Å². The molecule has 2 atom stereocenters. The highest BCUT2D eigenvalue weighted by Gasteiger charge is 2.24. The number of nitrogens with two attached hydrogens (primary N) is 3. The molecule has 0 aromatic carbocycles. The molecule has 0 aliphatic rings. The summed E-state index contributed by atoms with van der Waals surface area (Å²) in [6.45, 7) is 4.37. The van der Waals surface area contributed by atoms with E-state index in [1.807, 2.05) is 0 Å². The maximum atomic E-state index is 12.1. The fourth-order valence-corrected chi connectivity index (χ4v) is 1.81. The van der Waals surface area contributed by atoms with E-state index in [0.717, 1.165) is 0 Å². The van der Waals surface area contributed by atoms with Gasteiger partial charge in [0, 0.05) is 12.5 Å². The van der Waals surface area contributed by atoms with Crippen LogP contribution in [0, 0.1) is 11.3 Å². The summed E-state index contributed by atoms with van der Waals surface area (Å²) in [6.07, 6.45) is 1.45. The number of ketones is 1. The Morgan fingerprint density at radius 3 is 2.33 bits per heavy atom. The van der Waals surface area contributed by atoms with E-state index in [0.29, 0.717) is 32.4 Å². The molecule has 0 aliphatic carbocycles. The SMILES string of the molecule is CC(C)C(=O)C(CCCNC(=N)N)NC(=O)C(N)CCN. The third-order valence-electron chi connectivity index (χ3n) is 3.03. The van der Waals surface area contributed by atoms with Crippen molar-refractivity contribution in [1.82, 2.24) is 10.6 Å². The molecule has 0 aliphatic heterocycles. The second-order valence-corrected chi connectivity index (χ2v) is 5.28. The first-order chi connectivity index (χ1) is 9.79. The van der Waals surface area contributed by atoms with Gasteiger partial charge in [-0.2, -0.15) is 0 Å². The fraction of sp³-hybridized carbons (Fsp3) is 0.769. The normalized spacial score (nSPS) is 13.6. The smallest absolute Gasteiger partial charge is 0.237 e. The van der Waals surface area contributed by atoms with E-state index in [1.165, 1.54) is 0 Å². The molecule has 0 spiro atoms. The van der Waals surface area contributed by atoms with E-state index in [2.05, 4.69) is 10.6 Å². The predicted octanol–water partition coefficient (Wildman–Crippen LogP) is -1.36. The van der Waals surface area contributed by atoms with Crippen LogP contribution in [0.25, 0.3) is 0 Å². The minimum absolute atomic E-state index is 0.0360. The van der Waals surface area contributed by atoms with Crippen LogP contribution in [0.3, 0.4) is 0 Å². The molecule has 0 fully saturated rings. The van der Waals surface area contributed by atoms with E-state index >= 15 is 0 Å². The van der Waals surface area contributed by atoms with Gasteiger partial charge in [-0.1, -0.05) is 13.8 Å². The Labute approximate surface area is 125 Å². The summed E-state index contributed by atoms with van der Waals surface area (Å²) in [5.41, 5.74) is 16.2. The summed E-state index contributed by atoms with van der Waals surface area (Å²) < 4.78 is 0. The summed E-state index contributed by atoms with van der Waals surface area (Å²) in [5, 5.41) is 12.4. The Kier molecular flexibility index (Phi) is 9.31. The zero-order valence-electron chi connectivity index (χ0n) is 12.8. The van der Waals surface area contributed by atoms with Crippen molar-refractivity contribution >= 4 is 17.6 Å². The van der Waals surface area contributed by atoms with Gasteiger partial charge in [0.25, 0.3) is 0 Å². The third kappa shape index (κ3) is 8.26. The Morgan fingerprint density at radius 2 is 1.86 bits per heavy atom. The van der Waals surface area contributed by atoms with Crippen LogP contribution in [0.15, 0.2) is 0 Å². The van der Waals surface area contributed by atoms with Crippen molar-refractivity contribution in [3.05, 3.63) is 0 Å². The largest absolute Gasteiger partial charge is 0.370 e. The van der Waals surface area contributed by atoms with Crippen LogP contribution in [0.4, 0.5) is 0 Å². The Morgan fingerprint density at radius 1 is 1.24 bits per heavy atom. The van der Waals surface area contributed by atoms with Crippen LogP contribution in [-0.2, 0) is 9.59 Å². The average Bonchev–Trinajstić information content (AvgIpc) is 2.40. The summed E-state index contributed by atoms with van der Waals surface area (Å²) in [6, 6.07) is -1.28. The Balaban J connectivity index is 4.49. The second-order valence-electron chi connectivity index (χ2n) is 5.28. The highest BCUT2D eigenvalue weighted by molar-refractivity contribution is 5.91. The lowest BCUT2D eigenvalue weighted by Gasteiger charge is -2.21. The molecule has 0 bridgehead atoms. The minimum Gasteiger partial charge on any atom is -0.370 e. The van der Waals surface area contributed by atoms with Crippen LogP contribution in [0.2, 0.25) is 0 Å². The number of nitrogens with one attached hydrogen (secondary N) is 3. The van der Waals surface area contributed by atoms with Crippen molar-refractivity contribution in [3.63, 3.8) is 0 Å². The van der Waals surface area contributed by atoms with E-state index < -0.39 is 12.1 Å². The van der Waals surface area contributed by atoms with Gasteiger partial charge in [-0.3, -0.25) is 15.0 Å². The average molecular weight is 300 g/mol.